The lowest BCUT2D eigenvalue weighted by Gasteiger charge is -2.12. The number of alkyl halides is 1. The predicted molar refractivity (Wildman–Crippen MR) is 47.1 cm³/mol. The SMILES string of the molecule is Cc1cn[nH]c1NC(=O)C(C)(C)F. The molecule has 0 radical (unpaired) electrons. The molecule has 0 aliphatic rings. The summed E-state index contributed by atoms with van der Waals surface area (Å²) in [5.74, 6) is -0.240. The Hall–Kier alpha value is -1.39. The number of aromatic nitrogens is 2. The van der Waals surface area contributed by atoms with E-state index in [0.717, 1.165) is 5.56 Å². The first-order valence-electron chi connectivity index (χ1n) is 3.91. The molecule has 1 amide bonds. The number of nitrogens with one attached hydrogen (secondary N) is 2. The number of amides is 1. The Balaban J connectivity index is 2.71. The van der Waals surface area contributed by atoms with Gasteiger partial charge in [0, 0.05) is 5.56 Å². The molecule has 5 heteroatoms. The number of hydrogen-bond acceptors (Lipinski definition) is 2. The van der Waals surface area contributed by atoms with Crippen LogP contribution in [0.3, 0.4) is 0 Å². The van der Waals surface area contributed by atoms with Crippen LogP contribution in [-0.2, 0) is 4.79 Å². The van der Waals surface area contributed by atoms with Gasteiger partial charge in [0.15, 0.2) is 5.67 Å². The topological polar surface area (TPSA) is 57.8 Å². The van der Waals surface area contributed by atoms with Crippen LogP contribution in [0.2, 0.25) is 0 Å². The summed E-state index contributed by atoms with van der Waals surface area (Å²) in [6, 6.07) is 0. The molecular weight excluding hydrogens is 173 g/mol. The minimum atomic E-state index is -1.88. The summed E-state index contributed by atoms with van der Waals surface area (Å²) in [5, 5.41) is 8.65. The van der Waals surface area contributed by atoms with E-state index < -0.39 is 11.6 Å². The third-order valence-electron chi connectivity index (χ3n) is 1.61. The monoisotopic (exact) mass is 185 g/mol. The van der Waals surface area contributed by atoms with Crippen LogP contribution < -0.4 is 5.32 Å². The summed E-state index contributed by atoms with van der Waals surface area (Å²) in [4.78, 5) is 11.2. The Kier molecular flexibility index (Phi) is 2.36. The highest BCUT2D eigenvalue weighted by atomic mass is 19.1. The lowest BCUT2D eigenvalue weighted by Crippen LogP contribution is -2.32. The molecule has 0 aromatic carbocycles. The van der Waals surface area contributed by atoms with E-state index in [-0.39, 0.29) is 0 Å². The summed E-state index contributed by atoms with van der Waals surface area (Å²) in [6.07, 6.45) is 1.56. The van der Waals surface area contributed by atoms with E-state index in [4.69, 9.17) is 0 Å². The second-order valence-electron chi connectivity index (χ2n) is 3.35. The van der Waals surface area contributed by atoms with Crippen molar-refractivity contribution in [2.24, 2.45) is 0 Å². The van der Waals surface area contributed by atoms with Crippen molar-refractivity contribution in [3.63, 3.8) is 0 Å². The first-order valence-corrected chi connectivity index (χ1v) is 3.91. The van der Waals surface area contributed by atoms with Crippen LogP contribution in [0.5, 0.6) is 0 Å². The molecule has 0 bridgehead atoms. The maximum Gasteiger partial charge on any atom is 0.262 e. The highest BCUT2D eigenvalue weighted by Gasteiger charge is 2.27. The third-order valence-corrected chi connectivity index (χ3v) is 1.61. The fourth-order valence-electron chi connectivity index (χ4n) is 0.735. The molecule has 1 aromatic heterocycles. The second-order valence-corrected chi connectivity index (χ2v) is 3.35. The van der Waals surface area contributed by atoms with Gasteiger partial charge in [-0.3, -0.25) is 9.89 Å². The number of hydrogen-bond donors (Lipinski definition) is 2. The molecule has 13 heavy (non-hydrogen) atoms. The van der Waals surface area contributed by atoms with E-state index in [2.05, 4.69) is 15.5 Å². The maximum absolute atomic E-state index is 13.1. The van der Waals surface area contributed by atoms with Crippen molar-refractivity contribution in [1.29, 1.82) is 0 Å². The molecule has 0 spiro atoms. The van der Waals surface area contributed by atoms with Crippen molar-refractivity contribution in [3.8, 4) is 0 Å². The van der Waals surface area contributed by atoms with E-state index >= 15 is 0 Å². The number of anilines is 1. The maximum atomic E-state index is 13.1. The first kappa shape index (κ1) is 9.70. The summed E-state index contributed by atoms with van der Waals surface area (Å²) < 4.78 is 13.1. The van der Waals surface area contributed by atoms with Crippen LogP contribution in [0, 0.1) is 6.92 Å². The summed E-state index contributed by atoms with van der Waals surface area (Å²) >= 11 is 0. The number of H-pyrrole nitrogens is 1. The van der Waals surface area contributed by atoms with Gasteiger partial charge >= 0.3 is 0 Å². The van der Waals surface area contributed by atoms with Gasteiger partial charge in [-0.05, 0) is 20.8 Å². The number of halogens is 1. The fourth-order valence-corrected chi connectivity index (χ4v) is 0.735. The number of carbonyl (C=O) groups is 1. The first-order chi connectivity index (χ1) is 5.91. The molecule has 4 nitrogen and oxygen atoms in total. The molecule has 0 fully saturated rings. The van der Waals surface area contributed by atoms with Crippen LogP contribution in [-0.4, -0.2) is 21.8 Å². The molecule has 0 aliphatic carbocycles. The van der Waals surface area contributed by atoms with Crippen molar-refractivity contribution in [1.82, 2.24) is 10.2 Å². The molecule has 0 atom stereocenters. The number of aryl methyl sites for hydroxylation is 1. The minimum Gasteiger partial charge on any atom is -0.308 e. The highest BCUT2D eigenvalue weighted by molar-refractivity contribution is 5.96. The zero-order valence-corrected chi connectivity index (χ0v) is 7.81. The van der Waals surface area contributed by atoms with Crippen LogP contribution in [0.15, 0.2) is 6.20 Å². The van der Waals surface area contributed by atoms with Gasteiger partial charge in [-0.2, -0.15) is 5.10 Å². The predicted octanol–water partition coefficient (Wildman–Crippen LogP) is 1.40. The zero-order chi connectivity index (χ0) is 10.1. The Bertz CT molecular complexity index is 313. The Morgan fingerprint density at radius 3 is 2.69 bits per heavy atom. The minimum absolute atomic E-state index is 0.440. The average molecular weight is 185 g/mol. The van der Waals surface area contributed by atoms with Crippen molar-refractivity contribution < 1.29 is 9.18 Å². The van der Waals surface area contributed by atoms with E-state index in [0.29, 0.717) is 5.82 Å². The molecule has 0 unspecified atom stereocenters. The van der Waals surface area contributed by atoms with Gasteiger partial charge in [0.25, 0.3) is 5.91 Å². The number of aromatic amines is 1. The number of carbonyl (C=O) groups excluding carboxylic acids is 1. The standard InChI is InChI=1S/C8H12FN3O/c1-5-4-10-12-6(5)11-7(13)8(2,3)9/h4H,1-3H3,(H2,10,11,12,13). The highest BCUT2D eigenvalue weighted by Crippen LogP contribution is 2.14. The smallest absolute Gasteiger partial charge is 0.262 e. The Labute approximate surface area is 75.5 Å². The summed E-state index contributed by atoms with van der Waals surface area (Å²) in [7, 11) is 0. The number of nitrogens with zero attached hydrogens (tertiary/aromatic N) is 1. The van der Waals surface area contributed by atoms with E-state index in [1.54, 1.807) is 13.1 Å². The molecule has 1 rings (SSSR count). The van der Waals surface area contributed by atoms with Gasteiger partial charge < -0.3 is 5.32 Å². The Morgan fingerprint density at radius 1 is 1.69 bits per heavy atom. The van der Waals surface area contributed by atoms with Crippen LogP contribution in [0.25, 0.3) is 0 Å². The fraction of sp³-hybridized carbons (Fsp3) is 0.500. The van der Waals surface area contributed by atoms with E-state index in [1.807, 2.05) is 0 Å². The molecule has 0 saturated carbocycles. The molecule has 2 N–H and O–H groups in total. The van der Waals surface area contributed by atoms with E-state index in [1.165, 1.54) is 13.8 Å². The van der Waals surface area contributed by atoms with Gasteiger partial charge in [0.05, 0.1) is 6.20 Å². The third kappa shape index (κ3) is 2.27. The van der Waals surface area contributed by atoms with Crippen LogP contribution >= 0.6 is 0 Å². The molecule has 0 saturated heterocycles. The molecule has 0 aliphatic heterocycles. The van der Waals surface area contributed by atoms with Crippen LogP contribution in [0.1, 0.15) is 19.4 Å². The molecule has 1 heterocycles. The Morgan fingerprint density at radius 2 is 2.31 bits per heavy atom. The van der Waals surface area contributed by atoms with Gasteiger partial charge in [0.2, 0.25) is 0 Å². The lowest BCUT2D eigenvalue weighted by molar-refractivity contribution is -0.125. The summed E-state index contributed by atoms with van der Waals surface area (Å²) in [6.45, 7) is 4.17. The van der Waals surface area contributed by atoms with Gasteiger partial charge in [-0.25, -0.2) is 4.39 Å². The molecular formula is C8H12FN3O. The second kappa shape index (κ2) is 3.16. The molecule has 72 valence electrons. The van der Waals surface area contributed by atoms with Crippen molar-refractivity contribution in [3.05, 3.63) is 11.8 Å². The lowest BCUT2D eigenvalue weighted by atomic mass is 10.1. The van der Waals surface area contributed by atoms with Gasteiger partial charge in [0.1, 0.15) is 5.82 Å². The van der Waals surface area contributed by atoms with Crippen molar-refractivity contribution in [2.75, 3.05) is 5.32 Å². The van der Waals surface area contributed by atoms with Gasteiger partial charge in [-0.15, -0.1) is 0 Å². The number of rotatable bonds is 2. The normalized spacial score (nSPS) is 11.4. The van der Waals surface area contributed by atoms with Crippen molar-refractivity contribution in [2.45, 2.75) is 26.4 Å². The van der Waals surface area contributed by atoms with Gasteiger partial charge in [-0.1, -0.05) is 0 Å². The van der Waals surface area contributed by atoms with E-state index in [9.17, 15) is 9.18 Å². The quantitative estimate of drug-likeness (QED) is 0.731. The largest absolute Gasteiger partial charge is 0.308 e. The molecule has 1 aromatic rings. The van der Waals surface area contributed by atoms with Crippen molar-refractivity contribution >= 4 is 11.7 Å². The summed E-state index contributed by atoms with van der Waals surface area (Å²) in [5.41, 5.74) is -1.10. The van der Waals surface area contributed by atoms with Crippen LogP contribution in [0.4, 0.5) is 10.2 Å². The average Bonchev–Trinajstić information content (AvgIpc) is 2.34. The zero-order valence-electron chi connectivity index (χ0n) is 7.81.